The molecule has 1 aliphatic heterocycles. The van der Waals surface area contributed by atoms with Gasteiger partial charge >= 0.3 is 0 Å². The van der Waals surface area contributed by atoms with Gasteiger partial charge in [0.25, 0.3) is 5.91 Å². The molecule has 0 spiro atoms. The van der Waals surface area contributed by atoms with E-state index in [1.165, 1.54) is 6.21 Å². The summed E-state index contributed by atoms with van der Waals surface area (Å²) in [5, 5.41) is 19.1. The number of carbonyl (C=O) groups is 1. The summed E-state index contributed by atoms with van der Waals surface area (Å²) in [6.45, 7) is 13.7. The van der Waals surface area contributed by atoms with Gasteiger partial charge < -0.3 is 36.3 Å². The van der Waals surface area contributed by atoms with E-state index in [0.717, 1.165) is 11.4 Å². The van der Waals surface area contributed by atoms with Crippen molar-refractivity contribution in [3.8, 4) is 5.75 Å². The van der Waals surface area contributed by atoms with Crippen molar-refractivity contribution in [2.24, 2.45) is 16.6 Å². The molecule has 9 nitrogen and oxygen atoms in total. The number of anilines is 2. The molecule has 0 aromatic heterocycles. The topological polar surface area (TPSA) is 130 Å². The molecule has 0 saturated heterocycles. The molecule has 1 aromatic rings. The fraction of sp³-hybridized carbons (Fsp3) is 0.478. The highest BCUT2D eigenvalue weighted by Crippen LogP contribution is 2.30. The summed E-state index contributed by atoms with van der Waals surface area (Å²) in [5.41, 5.74) is 7.89. The summed E-state index contributed by atoms with van der Waals surface area (Å²) in [7, 11) is 0. The molecule has 6 N–H and O–H groups in total. The van der Waals surface area contributed by atoms with Crippen LogP contribution in [0.4, 0.5) is 11.4 Å². The lowest BCUT2D eigenvalue weighted by Gasteiger charge is -2.17. The highest BCUT2D eigenvalue weighted by Gasteiger charge is 2.15. The van der Waals surface area contributed by atoms with Crippen LogP contribution >= 0.6 is 0 Å². The minimum Gasteiger partial charge on any atom is -0.489 e. The van der Waals surface area contributed by atoms with Crippen molar-refractivity contribution in [2.45, 2.75) is 39.9 Å². The van der Waals surface area contributed by atoms with Gasteiger partial charge in [0, 0.05) is 37.3 Å². The van der Waals surface area contributed by atoms with Crippen molar-refractivity contribution in [3.63, 3.8) is 0 Å². The fourth-order valence-electron chi connectivity index (χ4n) is 2.84. The predicted octanol–water partition coefficient (Wildman–Crippen LogP) is 2.22. The van der Waals surface area contributed by atoms with Crippen LogP contribution in [-0.2, 0) is 9.53 Å². The lowest BCUT2D eigenvalue weighted by Crippen LogP contribution is -2.29. The van der Waals surface area contributed by atoms with E-state index < -0.39 is 12.0 Å². The smallest absolute Gasteiger partial charge is 0.252 e. The molecule has 1 aromatic carbocycles. The number of aliphatic imine (C=N–C) groups is 1. The number of hydrogen-bond acceptors (Lipinski definition) is 8. The second-order valence-electron chi connectivity index (χ2n) is 8.21. The van der Waals surface area contributed by atoms with Crippen LogP contribution in [0.15, 0.2) is 46.9 Å². The highest BCUT2D eigenvalue weighted by atomic mass is 16.5. The number of nitrogens with two attached hydrogens (primary N) is 1. The molecular weight excluding hydrogens is 410 g/mol. The quantitative estimate of drug-likeness (QED) is 0.261. The van der Waals surface area contributed by atoms with Gasteiger partial charge in [0.05, 0.1) is 17.4 Å². The molecular formula is C23H35N5O4. The van der Waals surface area contributed by atoms with E-state index in [4.69, 9.17) is 15.2 Å². The Labute approximate surface area is 189 Å². The summed E-state index contributed by atoms with van der Waals surface area (Å²) >= 11 is 0. The number of benzene rings is 1. The first kappa shape index (κ1) is 25.2. The zero-order valence-corrected chi connectivity index (χ0v) is 19.3. The summed E-state index contributed by atoms with van der Waals surface area (Å²) in [5.74, 6) is 0.857. The molecule has 1 heterocycles. The lowest BCUT2D eigenvalue weighted by molar-refractivity contribution is -0.114. The number of hydrogen-bond donors (Lipinski definition) is 5. The third kappa shape index (κ3) is 8.24. The third-order valence-corrected chi connectivity index (χ3v) is 4.62. The van der Waals surface area contributed by atoms with Crippen molar-refractivity contribution >= 4 is 23.5 Å². The molecule has 176 valence electrons. The van der Waals surface area contributed by atoms with Crippen molar-refractivity contribution in [1.29, 1.82) is 0 Å². The van der Waals surface area contributed by atoms with Crippen LogP contribution < -0.4 is 26.4 Å². The molecule has 2 rings (SSSR count). The van der Waals surface area contributed by atoms with E-state index in [0.29, 0.717) is 42.9 Å². The number of nitrogens with one attached hydrogen (secondary N) is 3. The average Bonchev–Trinajstić information content (AvgIpc) is 2.92. The molecule has 0 fully saturated rings. The third-order valence-electron chi connectivity index (χ3n) is 4.62. The predicted molar refractivity (Wildman–Crippen MR) is 128 cm³/mol. The Kier molecular flexibility index (Phi) is 9.55. The monoisotopic (exact) mass is 445 g/mol. The second-order valence-corrected chi connectivity index (χ2v) is 8.21. The average molecular weight is 446 g/mol. The summed E-state index contributed by atoms with van der Waals surface area (Å²) < 4.78 is 11.3. The Morgan fingerprint density at radius 3 is 2.91 bits per heavy atom. The molecule has 0 radical (unpaired) electrons. The molecule has 0 saturated carbocycles. The van der Waals surface area contributed by atoms with Crippen molar-refractivity contribution < 1.29 is 19.4 Å². The van der Waals surface area contributed by atoms with E-state index in [9.17, 15) is 9.90 Å². The summed E-state index contributed by atoms with van der Waals surface area (Å²) in [4.78, 5) is 16.1. The number of nitrogens with zero attached hydrogens (tertiary/aromatic N) is 1. The van der Waals surface area contributed by atoms with Crippen LogP contribution in [0.3, 0.4) is 0 Å². The normalized spacial score (nSPS) is 17.5. The first-order chi connectivity index (χ1) is 15.2. The fourth-order valence-corrected chi connectivity index (χ4v) is 2.84. The Morgan fingerprint density at radius 1 is 1.47 bits per heavy atom. The first-order valence-corrected chi connectivity index (χ1v) is 10.7. The molecule has 9 heteroatoms. The lowest BCUT2D eigenvalue weighted by atomic mass is 10.2. The van der Waals surface area contributed by atoms with E-state index in [1.807, 2.05) is 19.1 Å². The molecule has 2 atom stereocenters. The van der Waals surface area contributed by atoms with Gasteiger partial charge in [-0.2, -0.15) is 0 Å². The molecule has 1 unspecified atom stereocenters. The van der Waals surface area contributed by atoms with Gasteiger partial charge in [0.2, 0.25) is 0 Å². The SMILES string of the molecule is C=C(/N=C\C(C(N)=O)=C(/C)NCC(C)OCC(C)C)Nc1ccc2c(c1)NC[C@H](O)CO2. The highest BCUT2D eigenvalue weighted by molar-refractivity contribution is 6.12. The number of fused-ring (bicyclic) bond motifs is 1. The zero-order valence-electron chi connectivity index (χ0n) is 19.3. The number of aliphatic hydroxyl groups is 1. The number of rotatable bonds is 11. The Bertz CT molecular complexity index is 866. The zero-order chi connectivity index (χ0) is 23.7. The molecule has 1 aliphatic rings. The van der Waals surface area contributed by atoms with Crippen LogP contribution in [0.2, 0.25) is 0 Å². The van der Waals surface area contributed by atoms with Crippen molar-refractivity contribution in [3.05, 3.63) is 41.9 Å². The minimum atomic E-state index is -0.591. The molecule has 0 bridgehead atoms. The first-order valence-electron chi connectivity index (χ1n) is 10.7. The maximum atomic E-state index is 11.9. The summed E-state index contributed by atoms with van der Waals surface area (Å²) in [6.07, 6.45) is 0.807. The van der Waals surface area contributed by atoms with Gasteiger partial charge in [-0.25, -0.2) is 4.99 Å². The standard InChI is InChI=1S/C23H35N5O4/c1-14(2)12-31-15(3)9-25-16(4)20(23(24)30)11-26-17(5)28-18-6-7-22-21(8-18)27-10-19(29)13-32-22/h6-8,11,14-15,19,25,27-29H,5,9-10,12-13H2,1-4H3,(H2,24,30)/b20-16-,26-11-/t15?,19-/m0/s1. The largest absolute Gasteiger partial charge is 0.489 e. The number of amides is 1. The minimum absolute atomic E-state index is 0.0121. The second kappa shape index (κ2) is 12.1. The number of β-amino-alcohol motifs (C(OH)–C–C–N with tert-alkyl or cyclic N) is 1. The maximum Gasteiger partial charge on any atom is 0.252 e. The van der Waals surface area contributed by atoms with E-state index >= 15 is 0 Å². The number of allylic oxidation sites excluding steroid dienone is 1. The molecule has 0 aliphatic carbocycles. The van der Waals surface area contributed by atoms with Gasteiger partial charge in [0.1, 0.15) is 24.3 Å². The van der Waals surface area contributed by atoms with Gasteiger partial charge in [-0.15, -0.1) is 0 Å². The Morgan fingerprint density at radius 2 is 2.22 bits per heavy atom. The van der Waals surface area contributed by atoms with Crippen LogP contribution in [0, 0.1) is 5.92 Å². The van der Waals surface area contributed by atoms with Gasteiger partial charge in [-0.3, -0.25) is 4.79 Å². The maximum absolute atomic E-state index is 11.9. The summed E-state index contributed by atoms with van der Waals surface area (Å²) in [6, 6.07) is 5.45. The van der Waals surface area contributed by atoms with Gasteiger partial charge in [-0.05, 0) is 38.0 Å². The van der Waals surface area contributed by atoms with Crippen molar-refractivity contribution in [1.82, 2.24) is 5.32 Å². The van der Waals surface area contributed by atoms with Crippen molar-refractivity contribution in [2.75, 3.05) is 36.9 Å². The van der Waals surface area contributed by atoms with Crippen LogP contribution in [-0.4, -0.2) is 55.7 Å². The number of primary amides is 1. The molecule has 32 heavy (non-hydrogen) atoms. The van der Waals surface area contributed by atoms with Gasteiger partial charge in [0.15, 0.2) is 0 Å². The molecule has 1 amide bonds. The van der Waals surface area contributed by atoms with Gasteiger partial charge in [-0.1, -0.05) is 20.4 Å². The van der Waals surface area contributed by atoms with E-state index in [2.05, 4.69) is 41.4 Å². The number of ether oxygens (including phenoxy) is 2. The van der Waals surface area contributed by atoms with E-state index in [-0.39, 0.29) is 18.3 Å². The Hall–Kier alpha value is -3.04. The van der Waals surface area contributed by atoms with E-state index in [1.54, 1.807) is 13.0 Å². The van der Waals surface area contributed by atoms with Crippen LogP contribution in [0.5, 0.6) is 5.75 Å². The van der Waals surface area contributed by atoms with Crippen LogP contribution in [0.25, 0.3) is 0 Å². The Balaban J connectivity index is 1.98. The number of aliphatic hydroxyl groups excluding tert-OH is 1. The van der Waals surface area contributed by atoms with Crippen LogP contribution in [0.1, 0.15) is 27.7 Å². The number of carbonyl (C=O) groups excluding carboxylic acids is 1.